The van der Waals surface area contributed by atoms with Crippen molar-refractivity contribution in [1.29, 1.82) is 0 Å². The fraction of sp³-hybridized carbons (Fsp3) is 0.640. The van der Waals surface area contributed by atoms with Gasteiger partial charge in [-0.05, 0) is 197 Å². The summed E-state index contributed by atoms with van der Waals surface area (Å²) in [5, 5.41) is 0. The highest BCUT2D eigenvalue weighted by atomic mass is 31.2. The Balaban J connectivity index is 4.23. The van der Waals surface area contributed by atoms with Gasteiger partial charge in [0.2, 0.25) is 0 Å². The molecule has 0 fully saturated rings. The van der Waals surface area contributed by atoms with E-state index >= 15 is 0 Å². The number of rotatable bonds is 31. The van der Waals surface area contributed by atoms with E-state index in [0.717, 1.165) is 96.3 Å². The Morgan fingerprint density at radius 3 is 0.891 bits per heavy atom. The van der Waals surface area contributed by atoms with E-state index in [1.54, 1.807) is 0 Å². The summed E-state index contributed by atoms with van der Waals surface area (Å²) >= 11 is 0. The monoisotopic (exact) mass is 781 g/mol. The second-order valence-electron chi connectivity index (χ2n) is 16.8. The third-order valence-corrected chi connectivity index (χ3v) is 10.9. The van der Waals surface area contributed by atoms with Crippen LogP contribution in [0.4, 0.5) is 0 Å². The summed E-state index contributed by atoms with van der Waals surface area (Å²) in [6.07, 6.45) is 42.6. The number of phosphoric ester groups is 1. The normalized spacial score (nSPS) is 15.2. The van der Waals surface area contributed by atoms with E-state index in [1.807, 2.05) is 0 Å². The Labute approximate surface area is 341 Å². The van der Waals surface area contributed by atoms with Crippen LogP contribution >= 0.6 is 7.82 Å². The molecule has 0 aromatic rings. The van der Waals surface area contributed by atoms with Crippen LogP contribution in [-0.4, -0.2) is 16.4 Å². The van der Waals surface area contributed by atoms with Crippen LogP contribution < -0.4 is 0 Å². The van der Waals surface area contributed by atoms with Crippen molar-refractivity contribution in [3.05, 3.63) is 105 Å². The van der Waals surface area contributed by atoms with Crippen LogP contribution in [0.15, 0.2) is 105 Å². The van der Waals surface area contributed by atoms with Gasteiger partial charge >= 0.3 is 7.82 Å². The average molecular weight is 781 g/mol. The van der Waals surface area contributed by atoms with Crippen LogP contribution in [0.1, 0.15) is 198 Å². The van der Waals surface area contributed by atoms with Gasteiger partial charge in [0.25, 0.3) is 0 Å². The molecule has 0 amide bonds. The molecule has 5 heteroatoms. The molecule has 0 aliphatic carbocycles. The SMILES string of the molecule is CC(C)=CCC/C(C)=C/CC/C(C)=C\CC/C(C)=C/CC/C(C)=C/CC/C(C)=C/CC/C(C)=C/CC/C(C)=C/CC/C(C)=C/CC[C@H](C)CCOP(=O)(O)O. The largest absolute Gasteiger partial charge is 0.469 e. The first-order valence-corrected chi connectivity index (χ1v) is 23.1. The molecule has 0 aromatic carbocycles. The maximum atomic E-state index is 10.8. The van der Waals surface area contributed by atoms with E-state index < -0.39 is 7.82 Å². The van der Waals surface area contributed by atoms with Gasteiger partial charge in [-0.3, -0.25) is 4.52 Å². The van der Waals surface area contributed by atoms with Crippen molar-refractivity contribution in [1.82, 2.24) is 0 Å². The Morgan fingerprint density at radius 1 is 0.418 bits per heavy atom. The molecule has 0 saturated carbocycles. The predicted octanol–water partition coefficient (Wildman–Crippen LogP) is 16.7. The topological polar surface area (TPSA) is 66.8 Å². The lowest BCUT2D eigenvalue weighted by atomic mass is 10.0. The number of allylic oxidation sites excluding steroid dienone is 18. The van der Waals surface area contributed by atoms with Gasteiger partial charge in [-0.1, -0.05) is 112 Å². The Kier molecular flexibility index (Phi) is 31.5. The summed E-state index contributed by atoms with van der Waals surface area (Å²) in [5.41, 5.74) is 13.4. The lowest BCUT2D eigenvalue weighted by Crippen LogP contribution is -2.00. The summed E-state index contributed by atoms with van der Waals surface area (Å²) in [4.78, 5) is 17.6. The summed E-state index contributed by atoms with van der Waals surface area (Å²) < 4.78 is 15.3. The zero-order valence-electron chi connectivity index (χ0n) is 37.6. The van der Waals surface area contributed by atoms with E-state index in [4.69, 9.17) is 9.79 Å². The fourth-order valence-corrected chi connectivity index (χ4v) is 6.70. The van der Waals surface area contributed by atoms with Gasteiger partial charge in [-0.2, -0.15) is 0 Å². The molecule has 0 radical (unpaired) electrons. The van der Waals surface area contributed by atoms with Crippen molar-refractivity contribution in [2.24, 2.45) is 5.92 Å². The number of phosphoric acid groups is 1. The van der Waals surface area contributed by atoms with E-state index in [2.05, 4.69) is 135 Å². The van der Waals surface area contributed by atoms with Gasteiger partial charge < -0.3 is 9.79 Å². The third-order valence-electron chi connectivity index (χ3n) is 10.3. The second kappa shape index (κ2) is 32.8. The summed E-state index contributed by atoms with van der Waals surface area (Å²) in [6, 6.07) is 0. The fourth-order valence-electron chi connectivity index (χ4n) is 6.36. The van der Waals surface area contributed by atoms with Crippen LogP contribution in [0.3, 0.4) is 0 Å². The number of hydrogen-bond acceptors (Lipinski definition) is 2. The molecule has 0 aliphatic heterocycles. The van der Waals surface area contributed by atoms with Gasteiger partial charge in [0, 0.05) is 0 Å². The summed E-state index contributed by atoms with van der Waals surface area (Å²) in [5.74, 6) is 0.378. The smallest absolute Gasteiger partial charge is 0.303 e. The molecular weight excluding hydrogens is 696 g/mol. The first kappa shape index (κ1) is 52.8. The minimum atomic E-state index is -4.35. The summed E-state index contributed by atoms with van der Waals surface area (Å²) in [6.45, 7) is 24.7. The first-order valence-electron chi connectivity index (χ1n) is 21.5. The lowest BCUT2D eigenvalue weighted by Gasteiger charge is -2.11. The molecule has 0 rings (SSSR count). The van der Waals surface area contributed by atoms with Crippen molar-refractivity contribution < 1.29 is 18.9 Å². The maximum Gasteiger partial charge on any atom is 0.469 e. The molecule has 0 saturated heterocycles. The molecule has 0 heterocycles. The Bertz CT molecular complexity index is 1380. The van der Waals surface area contributed by atoms with Crippen LogP contribution in [0, 0.1) is 5.92 Å². The van der Waals surface area contributed by atoms with E-state index in [1.165, 1.54) is 69.4 Å². The van der Waals surface area contributed by atoms with Crippen molar-refractivity contribution in [2.75, 3.05) is 6.61 Å². The minimum Gasteiger partial charge on any atom is -0.303 e. The van der Waals surface area contributed by atoms with E-state index in [9.17, 15) is 4.57 Å². The molecular formula is C50H85O4P. The third kappa shape index (κ3) is 37.1. The molecule has 2 N–H and O–H groups in total. The van der Waals surface area contributed by atoms with Crippen molar-refractivity contribution in [3.63, 3.8) is 0 Å². The second-order valence-corrected chi connectivity index (χ2v) is 18.0. The van der Waals surface area contributed by atoms with Gasteiger partial charge in [0.05, 0.1) is 6.61 Å². The quantitative estimate of drug-likeness (QED) is 0.0543. The molecule has 0 spiro atoms. The highest BCUT2D eigenvalue weighted by molar-refractivity contribution is 7.46. The predicted molar refractivity (Wildman–Crippen MR) is 244 cm³/mol. The van der Waals surface area contributed by atoms with Gasteiger partial charge in [-0.15, -0.1) is 0 Å². The Morgan fingerprint density at radius 2 is 0.655 bits per heavy atom. The molecule has 1 atom stereocenters. The maximum absolute atomic E-state index is 10.8. The minimum absolute atomic E-state index is 0.108. The van der Waals surface area contributed by atoms with Crippen LogP contribution in [0.5, 0.6) is 0 Å². The van der Waals surface area contributed by atoms with Crippen LogP contribution in [0.2, 0.25) is 0 Å². The highest BCUT2D eigenvalue weighted by Crippen LogP contribution is 2.36. The van der Waals surface area contributed by atoms with E-state index in [0.29, 0.717) is 12.3 Å². The lowest BCUT2D eigenvalue weighted by molar-refractivity contribution is 0.185. The van der Waals surface area contributed by atoms with Gasteiger partial charge in [0.15, 0.2) is 0 Å². The molecule has 0 aliphatic rings. The van der Waals surface area contributed by atoms with Crippen LogP contribution in [0.25, 0.3) is 0 Å². The zero-order chi connectivity index (χ0) is 41.5. The highest BCUT2D eigenvalue weighted by Gasteiger charge is 2.14. The van der Waals surface area contributed by atoms with E-state index in [-0.39, 0.29) is 6.61 Å². The van der Waals surface area contributed by atoms with Crippen LogP contribution in [-0.2, 0) is 9.09 Å². The Hall–Kier alpha value is -2.23. The average Bonchev–Trinajstić information content (AvgIpc) is 3.07. The molecule has 0 aromatic heterocycles. The molecule has 55 heavy (non-hydrogen) atoms. The first-order chi connectivity index (χ1) is 26.0. The van der Waals surface area contributed by atoms with Crippen molar-refractivity contribution >= 4 is 7.82 Å². The van der Waals surface area contributed by atoms with Gasteiger partial charge in [-0.25, -0.2) is 4.57 Å². The zero-order valence-corrected chi connectivity index (χ0v) is 38.5. The number of hydrogen-bond donors (Lipinski definition) is 2. The summed E-state index contributed by atoms with van der Waals surface area (Å²) in [7, 11) is -4.35. The molecule has 314 valence electrons. The molecule has 0 bridgehead atoms. The molecule has 4 nitrogen and oxygen atoms in total. The van der Waals surface area contributed by atoms with Crippen molar-refractivity contribution in [3.8, 4) is 0 Å². The van der Waals surface area contributed by atoms with Gasteiger partial charge in [0.1, 0.15) is 0 Å². The standard InChI is InChI=1S/C50H85O4P/c1-41(2)21-12-22-42(3)23-13-24-43(4)25-14-26-44(5)27-15-28-45(6)29-16-30-46(7)31-17-32-47(8)33-18-34-48(9)35-19-36-49(10)37-20-38-50(11)39-40-54-55(51,52)53/h21,23,25,27,29,31,33,35,37,50H,12-20,22,24,26,28,30,32,34,36,38-40H2,1-11H3,(H2,51,52,53)/b42-23+,43-25-,44-27+,45-29+,46-31+,47-33+,48-35+,49-37+/t50-/m0/s1. The van der Waals surface area contributed by atoms with Crippen molar-refractivity contribution in [2.45, 2.75) is 198 Å². The molecule has 0 unspecified atom stereocenters.